The van der Waals surface area contributed by atoms with Gasteiger partial charge in [0, 0.05) is 47.9 Å². The van der Waals surface area contributed by atoms with Crippen LogP contribution in [0.3, 0.4) is 0 Å². The van der Waals surface area contributed by atoms with E-state index in [1.807, 2.05) is 6.07 Å². The van der Waals surface area contributed by atoms with Crippen LogP contribution in [0.2, 0.25) is 5.02 Å². The first-order chi connectivity index (χ1) is 21.3. The Morgan fingerprint density at radius 1 is 1.13 bits per heavy atom. The zero-order valence-electron chi connectivity index (χ0n) is 26.3. The van der Waals surface area contributed by atoms with Gasteiger partial charge in [0.05, 0.1) is 17.2 Å². The van der Waals surface area contributed by atoms with E-state index in [4.69, 9.17) is 22.1 Å². The van der Waals surface area contributed by atoms with Gasteiger partial charge in [0.25, 0.3) is 0 Å². The number of sulfonamides is 1. The fourth-order valence-electron chi connectivity index (χ4n) is 5.30. The standard InChI is InChI=1S/C30H43ClN8O5S.Se/c1-29(2,3)44-28(41)38-30(12-17-39(18-13-30)26-23-10-15-33-25(23)34-20-35-26)27(40)37-24(21-6-8-22(31)9-7-21)11-16-36-45(42,43)19-5-4-14-32;/h6-10,15,20,24,36H,4-5,11-14,16-19,32H2,1-3H3,(H,37,40)(H,38,41)(H,33,34,35);. The zero-order chi connectivity index (χ0) is 32.7. The molecule has 2 amide bonds. The predicted octanol–water partition coefficient (Wildman–Crippen LogP) is 3.00. The number of nitrogens with two attached hydrogens (primary N) is 1. The number of alkyl carbamates (subject to hydrolysis) is 1. The molecule has 1 saturated heterocycles. The van der Waals surface area contributed by atoms with E-state index in [9.17, 15) is 18.0 Å². The molecule has 4 rings (SSSR count). The molecule has 1 unspecified atom stereocenters. The topological polar surface area (TPSA) is 184 Å². The van der Waals surface area contributed by atoms with Crippen molar-refractivity contribution in [2.45, 2.75) is 70.1 Å². The van der Waals surface area contributed by atoms with Crippen molar-refractivity contribution in [2.24, 2.45) is 5.73 Å². The monoisotopic (exact) mass is 742 g/mol. The molecule has 1 aromatic carbocycles. The SMILES string of the molecule is CC(C)(C)OC(=O)NC1(C(=O)NC(CCNS(=O)(=O)CCCCN)c2ccc(Cl)cc2)CCN(c2ncnc3[nH]ccc23)CC1.[Se]. The molecule has 0 bridgehead atoms. The van der Waals surface area contributed by atoms with Gasteiger partial charge in [0.15, 0.2) is 0 Å². The second kappa shape index (κ2) is 16.2. The Bertz CT molecular complexity index is 1560. The Morgan fingerprint density at radius 2 is 1.83 bits per heavy atom. The molecule has 46 heavy (non-hydrogen) atoms. The van der Waals surface area contributed by atoms with E-state index in [-0.39, 0.29) is 48.6 Å². The summed E-state index contributed by atoms with van der Waals surface area (Å²) in [6, 6.07) is 8.33. The van der Waals surface area contributed by atoms with Gasteiger partial charge in [-0.3, -0.25) is 4.79 Å². The Hall–Kier alpha value is -2.94. The van der Waals surface area contributed by atoms with Gasteiger partial charge in [0.2, 0.25) is 15.9 Å². The molecule has 0 saturated carbocycles. The van der Waals surface area contributed by atoms with Gasteiger partial charge in [-0.05, 0) is 83.2 Å². The number of carbonyl (C=O) groups excluding carboxylic acids is 2. The van der Waals surface area contributed by atoms with Crippen LogP contribution in [0.25, 0.3) is 11.0 Å². The number of nitrogens with one attached hydrogen (secondary N) is 4. The van der Waals surface area contributed by atoms with Crippen molar-refractivity contribution in [2.75, 3.05) is 36.8 Å². The molecule has 2 radical (unpaired) electrons. The minimum atomic E-state index is -3.51. The van der Waals surface area contributed by atoms with Crippen LogP contribution in [0, 0.1) is 0 Å². The van der Waals surface area contributed by atoms with Crippen LogP contribution in [0.4, 0.5) is 10.6 Å². The van der Waals surface area contributed by atoms with Crippen molar-refractivity contribution in [1.82, 2.24) is 30.3 Å². The van der Waals surface area contributed by atoms with E-state index in [0.717, 1.165) is 16.8 Å². The fraction of sp³-hybridized carbons (Fsp3) is 0.533. The molecular weight excluding hydrogens is 699 g/mol. The van der Waals surface area contributed by atoms with E-state index >= 15 is 0 Å². The summed E-state index contributed by atoms with van der Waals surface area (Å²) < 4.78 is 33.2. The van der Waals surface area contributed by atoms with Crippen LogP contribution in [0.15, 0.2) is 42.9 Å². The third kappa shape index (κ3) is 10.3. The minimum absolute atomic E-state index is 0. The van der Waals surface area contributed by atoms with Crippen LogP contribution < -0.4 is 26.0 Å². The number of piperidine rings is 1. The molecule has 0 aliphatic carbocycles. The number of rotatable bonds is 13. The number of aromatic amines is 1. The molecule has 3 aromatic rings. The van der Waals surface area contributed by atoms with Crippen molar-refractivity contribution in [3.8, 4) is 0 Å². The van der Waals surface area contributed by atoms with E-state index in [1.165, 1.54) is 6.33 Å². The second-order valence-corrected chi connectivity index (χ2v) is 14.6. The van der Waals surface area contributed by atoms with E-state index in [1.54, 1.807) is 51.2 Å². The van der Waals surface area contributed by atoms with Crippen molar-refractivity contribution in [1.29, 1.82) is 0 Å². The number of fused-ring (bicyclic) bond motifs is 1. The molecule has 2 aromatic heterocycles. The van der Waals surface area contributed by atoms with E-state index in [2.05, 4.69) is 35.2 Å². The molecular formula is C30H43ClN8O5SSe. The quantitative estimate of drug-likeness (QED) is 0.130. The number of hydrogen-bond donors (Lipinski definition) is 5. The largest absolute Gasteiger partial charge is 0.444 e. The van der Waals surface area contributed by atoms with Crippen molar-refractivity contribution in [3.63, 3.8) is 0 Å². The smallest absolute Gasteiger partial charge is 0.408 e. The van der Waals surface area contributed by atoms with Crippen LogP contribution in [0.5, 0.6) is 0 Å². The number of ether oxygens (including phenoxy) is 1. The van der Waals surface area contributed by atoms with Crippen LogP contribution in [0.1, 0.15) is 64.5 Å². The fourth-order valence-corrected chi connectivity index (χ4v) is 6.58. The van der Waals surface area contributed by atoms with Crippen molar-refractivity contribution < 1.29 is 22.7 Å². The summed E-state index contributed by atoms with van der Waals surface area (Å²) in [7, 11) is -3.51. The maximum Gasteiger partial charge on any atom is 0.408 e. The Morgan fingerprint density at radius 3 is 2.48 bits per heavy atom. The van der Waals surface area contributed by atoms with Gasteiger partial charge in [-0.15, -0.1) is 0 Å². The maximum absolute atomic E-state index is 14.2. The predicted molar refractivity (Wildman–Crippen MR) is 180 cm³/mol. The van der Waals surface area contributed by atoms with Crippen LogP contribution >= 0.6 is 11.6 Å². The minimum Gasteiger partial charge on any atom is -0.444 e. The molecule has 3 heterocycles. The maximum atomic E-state index is 14.2. The number of amides is 2. The summed E-state index contributed by atoms with van der Waals surface area (Å²) in [5.74, 6) is 0.321. The number of H-pyrrole nitrogens is 1. The number of benzene rings is 1. The third-order valence-corrected chi connectivity index (χ3v) is 9.35. The first-order valence-corrected chi connectivity index (χ1v) is 17.1. The molecule has 1 aliphatic heterocycles. The summed E-state index contributed by atoms with van der Waals surface area (Å²) in [6.45, 7) is 6.64. The molecule has 252 valence electrons. The third-order valence-electron chi connectivity index (χ3n) is 7.62. The average molecular weight is 742 g/mol. The Labute approximate surface area is 285 Å². The number of nitrogens with zero attached hydrogens (tertiary/aromatic N) is 3. The van der Waals surface area contributed by atoms with Gasteiger partial charge in [-0.25, -0.2) is 27.9 Å². The Kier molecular flexibility index (Phi) is 13.3. The van der Waals surface area contributed by atoms with Gasteiger partial charge < -0.3 is 31.0 Å². The van der Waals surface area contributed by atoms with Gasteiger partial charge >= 0.3 is 6.09 Å². The molecule has 1 fully saturated rings. The second-order valence-electron chi connectivity index (χ2n) is 12.2. The first kappa shape index (κ1) is 37.5. The van der Waals surface area contributed by atoms with Crippen LogP contribution in [-0.2, 0) is 19.6 Å². The molecule has 1 aliphatic rings. The molecule has 0 spiro atoms. The van der Waals surface area contributed by atoms with E-state index < -0.39 is 39.2 Å². The number of aromatic nitrogens is 3. The molecule has 1 atom stereocenters. The summed E-state index contributed by atoms with van der Waals surface area (Å²) in [5.41, 5.74) is 4.89. The summed E-state index contributed by atoms with van der Waals surface area (Å²) in [6.07, 6.45) is 4.48. The van der Waals surface area contributed by atoms with Gasteiger partial charge in [-0.2, -0.15) is 0 Å². The van der Waals surface area contributed by atoms with Crippen molar-refractivity contribution >= 4 is 67.5 Å². The number of carbonyl (C=O) groups is 2. The first-order valence-electron chi connectivity index (χ1n) is 15.1. The summed E-state index contributed by atoms with van der Waals surface area (Å²) in [5, 5.41) is 7.38. The summed E-state index contributed by atoms with van der Waals surface area (Å²) >= 11 is 6.13. The Balaban J connectivity index is 0.00000576. The van der Waals surface area contributed by atoms with Crippen molar-refractivity contribution in [3.05, 3.63) is 53.4 Å². The average Bonchev–Trinajstić information content (AvgIpc) is 3.46. The number of hydrogen-bond acceptors (Lipinski definition) is 9. The number of unbranched alkanes of at least 4 members (excludes halogenated alkanes) is 1. The number of anilines is 1. The molecule has 13 nitrogen and oxygen atoms in total. The van der Waals surface area contributed by atoms with Crippen LogP contribution in [-0.4, -0.2) is 95.5 Å². The van der Waals surface area contributed by atoms with Gasteiger partial charge in [0.1, 0.15) is 28.9 Å². The molecule has 6 N–H and O–H groups in total. The summed E-state index contributed by atoms with van der Waals surface area (Å²) in [4.78, 5) is 41.2. The van der Waals surface area contributed by atoms with E-state index in [0.29, 0.717) is 43.1 Å². The number of halogens is 1. The normalized spacial score (nSPS) is 15.5. The molecule has 16 heteroatoms. The van der Waals surface area contributed by atoms with Gasteiger partial charge in [-0.1, -0.05) is 23.7 Å². The zero-order valence-corrected chi connectivity index (χ0v) is 29.6.